The van der Waals surface area contributed by atoms with Crippen molar-refractivity contribution in [1.82, 2.24) is 30.8 Å². The van der Waals surface area contributed by atoms with Crippen LogP contribution < -0.4 is 21.7 Å². The van der Waals surface area contributed by atoms with Crippen molar-refractivity contribution in [3.05, 3.63) is 95.6 Å². The van der Waals surface area contributed by atoms with E-state index >= 15 is 0 Å². The molecule has 0 amide bonds. The fourth-order valence-corrected chi connectivity index (χ4v) is 4.58. The van der Waals surface area contributed by atoms with Crippen LogP contribution in [0.15, 0.2) is 73.1 Å². The van der Waals surface area contributed by atoms with Crippen molar-refractivity contribution in [3.8, 4) is 0 Å². The summed E-state index contributed by atoms with van der Waals surface area (Å²) in [4.78, 5) is 11.7. The van der Waals surface area contributed by atoms with Crippen molar-refractivity contribution in [2.45, 2.75) is 24.9 Å². The van der Waals surface area contributed by atoms with Gasteiger partial charge in [-0.15, -0.1) is 0 Å². The minimum absolute atomic E-state index is 0.787. The van der Waals surface area contributed by atoms with E-state index in [1.165, 1.54) is 5.56 Å². The Kier molecular flexibility index (Phi) is 9.74. The second-order valence-electron chi connectivity index (χ2n) is 9.17. The highest BCUT2D eigenvalue weighted by Gasteiger charge is 2.34. The molecular formula is C28H39N7. The fourth-order valence-electron chi connectivity index (χ4n) is 4.58. The Balaban J connectivity index is 1.48. The van der Waals surface area contributed by atoms with E-state index in [1.54, 1.807) is 12.4 Å². The normalized spacial score (nSPS) is 17.5. The first-order valence-electron chi connectivity index (χ1n) is 12.8. The first-order chi connectivity index (χ1) is 17.3. The largest absolute Gasteiger partial charge is 0.315 e. The van der Waals surface area contributed by atoms with Gasteiger partial charge >= 0.3 is 0 Å². The molecule has 0 spiro atoms. The molecule has 1 aliphatic rings. The Hall–Kier alpha value is -2.68. The quantitative estimate of drug-likeness (QED) is 0.451. The third kappa shape index (κ3) is 7.16. The Morgan fingerprint density at radius 1 is 0.686 bits per heavy atom. The molecule has 0 saturated carbocycles. The number of nitrogens with zero attached hydrogens (tertiary/aromatic N) is 3. The number of rotatable bonds is 5. The third-order valence-corrected chi connectivity index (χ3v) is 6.57. The van der Waals surface area contributed by atoms with E-state index in [0.717, 1.165) is 88.7 Å². The molecule has 0 atom stereocenters. The maximum absolute atomic E-state index is 7.06. The van der Waals surface area contributed by atoms with Gasteiger partial charge in [0.15, 0.2) is 0 Å². The molecule has 3 heterocycles. The highest BCUT2D eigenvalue weighted by atomic mass is 15.1. The zero-order chi connectivity index (χ0) is 24.2. The summed E-state index contributed by atoms with van der Waals surface area (Å²) in [6, 6.07) is 20.4. The topological polar surface area (TPSA) is 91.1 Å². The van der Waals surface area contributed by atoms with Crippen LogP contribution in [0, 0.1) is 0 Å². The molecule has 1 aromatic carbocycles. The van der Waals surface area contributed by atoms with Gasteiger partial charge in [-0.05, 0) is 74.4 Å². The van der Waals surface area contributed by atoms with Gasteiger partial charge in [0.05, 0.1) is 11.4 Å². The molecule has 186 valence electrons. The lowest BCUT2D eigenvalue weighted by Crippen LogP contribution is -2.41. The molecule has 1 fully saturated rings. The summed E-state index contributed by atoms with van der Waals surface area (Å²) in [6.07, 6.45) is 5.88. The number of pyridine rings is 2. The zero-order valence-corrected chi connectivity index (χ0v) is 20.6. The average molecular weight is 474 g/mol. The van der Waals surface area contributed by atoms with Crippen molar-refractivity contribution in [2.24, 2.45) is 5.73 Å². The predicted octanol–water partition coefficient (Wildman–Crippen LogP) is 2.09. The van der Waals surface area contributed by atoms with Gasteiger partial charge in [-0.2, -0.15) is 0 Å². The van der Waals surface area contributed by atoms with Gasteiger partial charge in [0.25, 0.3) is 0 Å². The molecule has 0 unspecified atom stereocenters. The molecule has 5 N–H and O–H groups in total. The Morgan fingerprint density at radius 2 is 1.29 bits per heavy atom. The Labute approximate surface area is 209 Å². The molecule has 0 bridgehead atoms. The molecule has 0 radical (unpaired) electrons. The lowest BCUT2D eigenvalue weighted by molar-refractivity contribution is 0.260. The summed E-state index contributed by atoms with van der Waals surface area (Å²) in [5.74, 6) is 0. The van der Waals surface area contributed by atoms with E-state index in [-0.39, 0.29) is 0 Å². The molecule has 0 aliphatic carbocycles. The standard InChI is InChI=1S/C28H39N7/c29-28(26-7-1-3-16-33-26,27-8-2-4-17-34-27)25-11-9-24(10-12-25)23-35-21-6-15-31-19-18-30-13-5-14-32-20-22-35/h1-4,7-12,16-17,30-32H,5-6,13-15,18-23,29H2. The molecule has 1 saturated heterocycles. The van der Waals surface area contributed by atoms with Gasteiger partial charge in [-0.3, -0.25) is 14.9 Å². The minimum Gasteiger partial charge on any atom is -0.315 e. The number of hydrogen-bond donors (Lipinski definition) is 4. The Bertz CT molecular complexity index is 926. The number of aromatic nitrogens is 2. The molecule has 4 rings (SSSR count). The van der Waals surface area contributed by atoms with E-state index in [2.05, 4.69) is 55.1 Å². The summed E-state index contributed by atoms with van der Waals surface area (Å²) >= 11 is 0. The monoisotopic (exact) mass is 473 g/mol. The first-order valence-corrected chi connectivity index (χ1v) is 12.8. The fraction of sp³-hybridized carbons (Fsp3) is 0.429. The average Bonchev–Trinajstić information content (AvgIpc) is 2.92. The minimum atomic E-state index is -0.907. The molecule has 1 aliphatic heterocycles. The van der Waals surface area contributed by atoms with Crippen LogP contribution >= 0.6 is 0 Å². The highest BCUT2D eigenvalue weighted by Crippen LogP contribution is 2.31. The van der Waals surface area contributed by atoms with Gasteiger partial charge < -0.3 is 21.7 Å². The second kappa shape index (κ2) is 13.4. The van der Waals surface area contributed by atoms with Crippen LogP contribution in [0.5, 0.6) is 0 Å². The van der Waals surface area contributed by atoms with Gasteiger partial charge in [0.1, 0.15) is 5.54 Å². The number of nitrogens with two attached hydrogens (primary N) is 1. The maximum atomic E-state index is 7.06. The smallest absolute Gasteiger partial charge is 0.127 e. The van der Waals surface area contributed by atoms with Crippen LogP contribution in [0.2, 0.25) is 0 Å². The molecular weight excluding hydrogens is 434 g/mol. The summed E-state index contributed by atoms with van der Waals surface area (Å²) < 4.78 is 0. The molecule has 3 aromatic rings. The highest BCUT2D eigenvalue weighted by molar-refractivity contribution is 5.44. The lowest BCUT2D eigenvalue weighted by Gasteiger charge is -2.29. The van der Waals surface area contributed by atoms with Crippen molar-refractivity contribution >= 4 is 0 Å². The van der Waals surface area contributed by atoms with E-state index < -0.39 is 5.54 Å². The number of hydrogen-bond acceptors (Lipinski definition) is 7. The van der Waals surface area contributed by atoms with E-state index in [9.17, 15) is 0 Å². The van der Waals surface area contributed by atoms with Crippen LogP contribution in [0.25, 0.3) is 0 Å². The molecule has 35 heavy (non-hydrogen) atoms. The van der Waals surface area contributed by atoms with Gasteiger partial charge in [0.2, 0.25) is 0 Å². The predicted molar refractivity (Wildman–Crippen MR) is 142 cm³/mol. The van der Waals surface area contributed by atoms with Crippen molar-refractivity contribution in [3.63, 3.8) is 0 Å². The van der Waals surface area contributed by atoms with E-state index in [0.29, 0.717) is 0 Å². The Morgan fingerprint density at radius 3 is 1.89 bits per heavy atom. The van der Waals surface area contributed by atoms with E-state index in [4.69, 9.17) is 5.73 Å². The maximum Gasteiger partial charge on any atom is 0.127 e. The summed E-state index contributed by atoms with van der Waals surface area (Å²) in [5, 5.41) is 10.6. The van der Waals surface area contributed by atoms with Crippen LogP contribution in [0.1, 0.15) is 35.4 Å². The van der Waals surface area contributed by atoms with Crippen LogP contribution in [0.4, 0.5) is 0 Å². The zero-order valence-electron chi connectivity index (χ0n) is 20.6. The van der Waals surface area contributed by atoms with Crippen LogP contribution in [-0.4, -0.2) is 67.2 Å². The summed E-state index contributed by atoms with van der Waals surface area (Å²) in [6.45, 7) is 9.30. The third-order valence-electron chi connectivity index (χ3n) is 6.57. The summed E-state index contributed by atoms with van der Waals surface area (Å²) in [5.41, 5.74) is 10.0. The number of nitrogens with one attached hydrogen (secondary N) is 3. The second-order valence-corrected chi connectivity index (χ2v) is 9.17. The molecule has 7 nitrogen and oxygen atoms in total. The van der Waals surface area contributed by atoms with Gasteiger partial charge in [-0.25, -0.2) is 0 Å². The van der Waals surface area contributed by atoms with Crippen LogP contribution in [0.3, 0.4) is 0 Å². The number of benzene rings is 1. The van der Waals surface area contributed by atoms with Crippen LogP contribution in [-0.2, 0) is 12.1 Å². The van der Waals surface area contributed by atoms with Gasteiger partial charge in [-0.1, -0.05) is 36.4 Å². The van der Waals surface area contributed by atoms with Gasteiger partial charge in [0, 0.05) is 45.1 Å². The summed E-state index contributed by atoms with van der Waals surface area (Å²) in [7, 11) is 0. The van der Waals surface area contributed by atoms with Crippen molar-refractivity contribution < 1.29 is 0 Å². The lowest BCUT2D eigenvalue weighted by atomic mass is 9.83. The SMILES string of the molecule is NC(c1ccc(CN2CCCNCCNCCCNCC2)cc1)(c1ccccn1)c1ccccn1. The van der Waals surface area contributed by atoms with Crippen molar-refractivity contribution in [1.29, 1.82) is 0 Å². The van der Waals surface area contributed by atoms with Crippen molar-refractivity contribution in [2.75, 3.05) is 52.4 Å². The first kappa shape index (κ1) is 25.4. The molecule has 2 aromatic heterocycles. The molecule has 7 heteroatoms. The van der Waals surface area contributed by atoms with E-state index in [1.807, 2.05) is 36.4 Å².